The summed E-state index contributed by atoms with van der Waals surface area (Å²) in [5, 5.41) is 2.74. The molecule has 2 aromatic carbocycles. The third-order valence-corrected chi connectivity index (χ3v) is 4.73. The Bertz CT molecular complexity index is 756. The van der Waals surface area contributed by atoms with Gasteiger partial charge in [-0.3, -0.25) is 4.79 Å². The molecule has 0 bridgehead atoms. The van der Waals surface area contributed by atoms with E-state index in [-0.39, 0.29) is 5.56 Å². The van der Waals surface area contributed by atoms with Crippen LogP contribution in [0.3, 0.4) is 0 Å². The van der Waals surface area contributed by atoms with Gasteiger partial charge in [0.05, 0.1) is 12.7 Å². The molecule has 138 valence electrons. The minimum atomic E-state index is -0.604. The molecule has 1 aliphatic rings. The van der Waals surface area contributed by atoms with Crippen LogP contribution in [0.25, 0.3) is 0 Å². The fourth-order valence-electron chi connectivity index (χ4n) is 3.08. The van der Waals surface area contributed by atoms with E-state index < -0.39 is 11.7 Å². The van der Waals surface area contributed by atoms with Crippen LogP contribution >= 0.6 is 0 Å². The number of hydrogen-bond acceptors (Lipinski definition) is 4. The van der Waals surface area contributed by atoms with Gasteiger partial charge in [-0.25, -0.2) is 4.39 Å². The number of anilines is 2. The number of carbonyl (C=O) groups excluding carboxylic acids is 1. The molecule has 1 fully saturated rings. The molecule has 0 atom stereocenters. The van der Waals surface area contributed by atoms with Crippen molar-refractivity contribution in [3.05, 3.63) is 53.8 Å². The monoisotopic (exact) mass is 357 g/mol. The number of carbonyl (C=O) groups is 1. The van der Waals surface area contributed by atoms with Gasteiger partial charge in [0, 0.05) is 43.6 Å². The van der Waals surface area contributed by atoms with Gasteiger partial charge in [-0.2, -0.15) is 0 Å². The first-order chi connectivity index (χ1) is 12.6. The standard InChI is InChI=1S/C20H24FN3O2/c1-3-23-10-12-24(13-11-23)16-6-4-15(5-7-16)22-20(25)18-9-8-17(26-2)14-19(18)21/h4-9,14H,3,10-13H2,1-2H3,(H,22,25). The maximum atomic E-state index is 14.0. The van der Waals surface area contributed by atoms with Crippen LogP contribution in [0.4, 0.5) is 15.8 Å². The fourth-order valence-corrected chi connectivity index (χ4v) is 3.08. The van der Waals surface area contributed by atoms with Crippen LogP contribution in [0.1, 0.15) is 17.3 Å². The highest BCUT2D eigenvalue weighted by molar-refractivity contribution is 6.04. The van der Waals surface area contributed by atoms with Crippen LogP contribution in [-0.4, -0.2) is 50.6 Å². The van der Waals surface area contributed by atoms with E-state index in [9.17, 15) is 9.18 Å². The number of likely N-dealkylation sites (N-methyl/N-ethyl adjacent to an activating group) is 1. The Morgan fingerprint density at radius 1 is 1.12 bits per heavy atom. The van der Waals surface area contributed by atoms with Crippen molar-refractivity contribution < 1.29 is 13.9 Å². The molecule has 1 N–H and O–H groups in total. The molecule has 1 saturated heterocycles. The zero-order valence-corrected chi connectivity index (χ0v) is 15.2. The van der Waals surface area contributed by atoms with Gasteiger partial charge in [0.2, 0.25) is 0 Å². The lowest BCUT2D eigenvalue weighted by atomic mass is 10.1. The molecule has 1 aliphatic heterocycles. The van der Waals surface area contributed by atoms with Crippen molar-refractivity contribution in [2.24, 2.45) is 0 Å². The smallest absolute Gasteiger partial charge is 0.258 e. The van der Waals surface area contributed by atoms with E-state index in [0.717, 1.165) is 38.4 Å². The second-order valence-electron chi connectivity index (χ2n) is 6.27. The van der Waals surface area contributed by atoms with Gasteiger partial charge >= 0.3 is 0 Å². The van der Waals surface area contributed by atoms with Gasteiger partial charge < -0.3 is 19.9 Å². The number of amides is 1. The number of benzene rings is 2. The predicted octanol–water partition coefficient (Wildman–Crippen LogP) is 3.23. The lowest BCUT2D eigenvalue weighted by molar-refractivity contribution is 0.102. The maximum Gasteiger partial charge on any atom is 0.258 e. The van der Waals surface area contributed by atoms with Crippen molar-refractivity contribution in [1.82, 2.24) is 4.90 Å². The van der Waals surface area contributed by atoms with E-state index in [0.29, 0.717) is 11.4 Å². The quantitative estimate of drug-likeness (QED) is 0.892. The van der Waals surface area contributed by atoms with E-state index in [1.54, 1.807) is 6.07 Å². The van der Waals surface area contributed by atoms with E-state index >= 15 is 0 Å². The van der Waals surface area contributed by atoms with E-state index in [1.807, 2.05) is 24.3 Å². The van der Waals surface area contributed by atoms with Crippen molar-refractivity contribution in [1.29, 1.82) is 0 Å². The molecule has 26 heavy (non-hydrogen) atoms. The summed E-state index contributed by atoms with van der Waals surface area (Å²) < 4.78 is 19.0. The summed E-state index contributed by atoms with van der Waals surface area (Å²) in [6.07, 6.45) is 0. The Kier molecular flexibility index (Phi) is 5.73. The summed E-state index contributed by atoms with van der Waals surface area (Å²) in [5.74, 6) is -0.701. The molecule has 5 nitrogen and oxygen atoms in total. The van der Waals surface area contributed by atoms with E-state index in [1.165, 1.54) is 19.2 Å². The highest BCUT2D eigenvalue weighted by Crippen LogP contribution is 2.21. The summed E-state index contributed by atoms with van der Waals surface area (Å²) in [4.78, 5) is 17.0. The summed E-state index contributed by atoms with van der Waals surface area (Å²) in [6.45, 7) is 7.38. The first-order valence-corrected chi connectivity index (χ1v) is 8.83. The minimum absolute atomic E-state index is 0.00874. The van der Waals surface area contributed by atoms with Gasteiger partial charge in [0.15, 0.2) is 0 Å². The number of ether oxygens (including phenoxy) is 1. The first-order valence-electron chi connectivity index (χ1n) is 8.83. The summed E-state index contributed by atoms with van der Waals surface area (Å²) in [6, 6.07) is 11.9. The number of piperazine rings is 1. The molecule has 2 aromatic rings. The molecule has 0 aliphatic carbocycles. The zero-order valence-electron chi connectivity index (χ0n) is 15.2. The number of halogens is 1. The van der Waals surface area contributed by atoms with Gasteiger partial charge in [-0.1, -0.05) is 6.92 Å². The van der Waals surface area contributed by atoms with Crippen LogP contribution < -0.4 is 15.0 Å². The zero-order chi connectivity index (χ0) is 18.5. The molecule has 0 saturated carbocycles. The average molecular weight is 357 g/mol. The Morgan fingerprint density at radius 3 is 2.38 bits per heavy atom. The lowest BCUT2D eigenvalue weighted by Crippen LogP contribution is -2.46. The second kappa shape index (κ2) is 8.19. The Labute approximate surface area is 153 Å². The molecule has 0 unspecified atom stereocenters. The topological polar surface area (TPSA) is 44.8 Å². The van der Waals surface area contributed by atoms with Gasteiger partial charge in [0.25, 0.3) is 5.91 Å². The van der Waals surface area contributed by atoms with Gasteiger partial charge in [0.1, 0.15) is 11.6 Å². The third-order valence-electron chi connectivity index (χ3n) is 4.73. The number of nitrogens with one attached hydrogen (secondary N) is 1. The Morgan fingerprint density at radius 2 is 1.81 bits per heavy atom. The second-order valence-corrected chi connectivity index (χ2v) is 6.27. The number of nitrogens with zero attached hydrogens (tertiary/aromatic N) is 2. The minimum Gasteiger partial charge on any atom is -0.497 e. The molecule has 0 aromatic heterocycles. The first kappa shape index (κ1) is 18.2. The van der Waals surface area contributed by atoms with Crippen LogP contribution in [0.2, 0.25) is 0 Å². The van der Waals surface area contributed by atoms with Crippen LogP contribution in [0.5, 0.6) is 5.75 Å². The van der Waals surface area contributed by atoms with Crippen molar-refractivity contribution >= 4 is 17.3 Å². The molecule has 0 radical (unpaired) electrons. The molecular weight excluding hydrogens is 333 g/mol. The van der Waals surface area contributed by atoms with Crippen molar-refractivity contribution in [3.8, 4) is 5.75 Å². The Hall–Kier alpha value is -2.60. The van der Waals surface area contributed by atoms with Crippen LogP contribution in [-0.2, 0) is 0 Å². The number of rotatable bonds is 5. The van der Waals surface area contributed by atoms with E-state index in [2.05, 4.69) is 22.0 Å². The van der Waals surface area contributed by atoms with Crippen LogP contribution in [0, 0.1) is 5.82 Å². The third kappa shape index (κ3) is 4.14. The average Bonchev–Trinajstić information content (AvgIpc) is 2.68. The van der Waals surface area contributed by atoms with Crippen molar-refractivity contribution in [2.45, 2.75) is 6.92 Å². The molecule has 6 heteroatoms. The number of methoxy groups -OCH3 is 1. The molecule has 3 rings (SSSR count). The van der Waals surface area contributed by atoms with E-state index in [4.69, 9.17) is 4.74 Å². The highest BCUT2D eigenvalue weighted by atomic mass is 19.1. The summed E-state index contributed by atoms with van der Waals surface area (Å²) >= 11 is 0. The largest absolute Gasteiger partial charge is 0.497 e. The van der Waals surface area contributed by atoms with Crippen LogP contribution in [0.15, 0.2) is 42.5 Å². The molecular formula is C20H24FN3O2. The number of hydrogen-bond donors (Lipinski definition) is 1. The lowest BCUT2D eigenvalue weighted by Gasteiger charge is -2.35. The van der Waals surface area contributed by atoms with Crippen molar-refractivity contribution in [3.63, 3.8) is 0 Å². The SMILES string of the molecule is CCN1CCN(c2ccc(NC(=O)c3ccc(OC)cc3F)cc2)CC1. The highest BCUT2D eigenvalue weighted by Gasteiger charge is 2.16. The maximum absolute atomic E-state index is 14.0. The summed E-state index contributed by atoms with van der Waals surface area (Å²) in [7, 11) is 1.46. The summed E-state index contributed by atoms with van der Waals surface area (Å²) in [5.41, 5.74) is 1.76. The fraction of sp³-hybridized carbons (Fsp3) is 0.350. The normalized spacial score (nSPS) is 15.0. The van der Waals surface area contributed by atoms with Gasteiger partial charge in [-0.05, 0) is 42.9 Å². The van der Waals surface area contributed by atoms with Gasteiger partial charge in [-0.15, -0.1) is 0 Å². The Balaban J connectivity index is 1.63. The predicted molar refractivity (Wildman–Crippen MR) is 102 cm³/mol. The molecule has 1 amide bonds. The molecule has 0 spiro atoms. The molecule has 1 heterocycles. The van der Waals surface area contributed by atoms with Crippen molar-refractivity contribution in [2.75, 3.05) is 50.1 Å².